The Bertz CT molecular complexity index is 296. The highest BCUT2D eigenvalue weighted by Crippen LogP contribution is 1.99. The van der Waals surface area contributed by atoms with Gasteiger partial charge in [0.25, 0.3) is 0 Å². The van der Waals surface area contributed by atoms with Crippen LogP contribution in [-0.2, 0) is 0 Å². The SMILES string of the molecule is Nc1cccc(N)n1.c1cn[nH]c1. The highest BCUT2D eigenvalue weighted by Gasteiger charge is 1.83. The largest absolute Gasteiger partial charge is 0.384 e. The zero-order valence-corrected chi connectivity index (χ0v) is 7.01. The van der Waals surface area contributed by atoms with Gasteiger partial charge in [-0.1, -0.05) is 6.07 Å². The molecule has 0 aliphatic carbocycles. The Balaban J connectivity index is 0.000000145. The van der Waals surface area contributed by atoms with Crippen LogP contribution < -0.4 is 11.5 Å². The van der Waals surface area contributed by atoms with Crippen LogP contribution in [0.1, 0.15) is 0 Å². The Hall–Kier alpha value is -2.04. The van der Waals surface area contributed by atoms with E-state index in [9.17, 15) is 0 Å². The predicted octanol–water partition coefficient (Wildman–Crippen LogP) is 0.656. The van der Waals surface area contributed by atoms with Gasteiger partial charge in [0.15, 0.2) is 0 Å². The highest BCUT2D eigenvalue weighted by molar-refractivity contribution is 5.37. The van der Waals surface area contributed by atoms with E-state index in [1.54, 1.807) is 30.6 Å². The molecule has 0 unspecified atom stereocenters. The first-order valence-corrected chi connectivity index (χ1v) is 3.71. The molecule has 0 spiro atoms. The monoisotopic (exact) mass is 177 g/mol. The maximum atomic E-state index is 5.27. The van der Waals surface area contributed by atoms with Crippen molar-refractivity contribution in [2.45, 2.75) is 0 Å². The number of rotatable bonds is 0. The lowest BCUT2D eigenvalue weighted by Crippen LogP contribution is -1.93. The summed E-state index contributed by atoms with van der Waals surface area (Å²) in [5.41, 5.74) is 10.5. The van der Waals surface area contributed by atoms with Crippen molar-refractivity contribution in [2.24, 2.45) is 0 Å². The lowest BCUT2D eigenvalue weighted by Gasteiger charge is -1.90. The minimum Gasteiger partial charge on any atom is -0.384 e. The van der Waals surface area contributed by atoms with Crippen molar-refractivity contribution in [3.05, 3.63) is 36.7 Å². The fraction of sp³-hybridized carbons (Fsp3) is 0. The van der Waals surface area contributed by atoms with Gasteiger partial charge in [-0.25, -0.2) is 4.98 Å². The number of aromatic nitrogens is 3. The van der Waals surface area contributed by atoms with E-state index in [-0.39, 0.29) is 0 Å². The molecule has 68 valence electrons. The molecule has 2 aromatic rings. The molecule has 13 heavy (non-hydrogen) atoms. The third-order valence-electron chi connectivity index (χ3n) is 1.20. The van der Waals surface area contributed by atoms with Gasteiger partial charge >= 0.3 is 0 Å². The lowest BCUT2D eigenvalue weighted by atomic mass is 10.4. The molecule has 0 radical (unpaired) electrons. The van der Waals surface area contributed by atoms with Crippen molar-refractivity contribution in [1.82, 2.24) is 15.2 Å². The number of H-pyrrole nitrogens is 1. The summed E-state index contributed by atoms with van der Waals surface area (Å²) < 4.78 is 0. The van der Waals surface area contributed by atoms with Crippen LogP contribution >= 0.6 is 0 Å². The topological polar surface area (TPSA) is 93.6 Å². The lowest BCUT2D eigenvalue weighted by molar-refractivity contribution is 1.09. The molecule has 0 aliphatic rings. The minimum absolute atomic E-state index is 0.463. The Kier molecular flexibility index (Phi) is 3.31. The molecular formula is C8H11N5. The Morgan fingerprint density at radius 1 is 1.08 bits per heavy atom. The van der Waals surface area contributed by atoms with Crippen molar-refractivity contribution < 1.29 is 0 Å². The molecule has 0 amide bonds. The van der Waals surface area contributed by atoms with E-state index in [0.29, 0.717) is 11.6 Å². The van der Waals surface area contributed by atoms with Crippen LogP contribution in [0.3, 0.4) is 0 Å². The molecule has 0 saturated heterocycles. The fourth-order valence-corrected chi connectivity index (χ4v) is 0.684. The van der Waals surface area contributed by atoms with E-state index in [0.717, 1.165) is 0 Å². The maximum absolute atomic E-state index is 5.27. The fourth-order valence-electron chi connectivity index (χ4n) is 0.684. The smallest absolute Gasteiger partial charge is 0.125 e. The van der Waals surface area contributed by atoms with Crippen molar-refractivity contribution in [2.75, 3.05) is 11.5 Å². The summed E-state index contributed by atoms with van der Waals surface area (Å²) in [6.07, 6.45) is 3.46. The molecule has 0 bridgehead atoms. The zero-order chi connectivity index (χ0) is 9.52. The number of anilines is 2. The minimum atomic E-state index is 0.463. The van der Waals surface area contributed by atoms with Crippen LogP contribution in [0.25, 0.3) is 0 Å². The first kappa shape index (κ1) is 9.05. The number of nitrogens with zero attached hydrogens (tertiary/aromatic N) is 2. The number of nitrogen functional groups attached to an aromatic ring is 2. The maximum Gasteiger partial charge on any atom is 0.125 e. The number of hydrogen-bond donors (Lipinski definition) is 3. The van der Waals surface area contributed by atoms with Gasteiger partial charge in [-0.3, -0.25) is 5.10 Å². The van der Waals surface area contributed by atoms with Crippen LogP contribution in [0, 0.1) is 0 Å². The highest BCUT2D eigenvalue weighted by atomic mass is 15.1. The molecule has 0 fully saturated rings. The molecule has 5 N–H and O–H groups in total. The molecule has 0 atom stereocenters. The predicted molar refractivity (Wildman–Crippen MR) is 51.6 cm³/mol. The van der Waals surface area contributed by atoms with E-state index in [4.69, 9.17) is 11.5 Å². The van der Waals surface area contributed by atoms with Gasteiger partial charge in [0.05, 0.1) is 0 Å². The zero-order valence-electron chi connectivity index (χ0n) is 7.01. The molecule has 5 nitrogen and oxygen atoms in total. The first-order valence-electron chi connectivity index (χ1n) is 3.71. The van der Waals surface area contributed by atoms with E-state index in [1.165, 1.54) is 0 Å². The molecule has 0 aromatic carbocycles. The number of aromatic amines is 1. The number of hydrogen-bond acceptors (Lipinski definition) is 4. The summed E-state index contributed by atoms with van der Waals surface area (Å²) in [7, 11) is 0. The summed E-state index contributed by atoms with van der Waals surface area (Å²) in [6.45, 7) is 0. The molecular weight excluding hydrogens is 166 g/mol. The molecule has 2 heterocycles. The van der Waals surface area contributed by atoms with Gasteiger partial charge < -0.3 is 11.5 Å². The van der Waals surface area contributed by atoms with Crippen molar-refractivity contribution in [1.29, 1.82) is 0 Å². The van der Waals surface area contributed by atoms with Crippen LogP contribution in [-0.4, -0.2) is 15.2 Å². The summed E-state index contributed by atoms with van der Waals surface area (Å²) in [6, 6.07) is 6.98. The Morgan fingerprint density at radius 2 is 1.77 bits per heavy atom. The van der Waals surface area contributed by atoms with Gasteiger partial charge in [-0.15, -0.1) is 0 Å². The van der Waals surface area contributed by atoms with Crippen molar-refractivity contribution in [3.63, 3.8) is 0 Å². The second kappa shape index (κ2) is 4.76. The summed E-state index contributed by atoms with van der Waals surface area (Å²) in [4.78, 5) is 3.73. The Labute approximate surface area is 75.8 Å². The van der Waals surface area contributed by atoms with E-state index in [1.807, 2.05) is 6.07 Å². The van der Waals surface area contributed by atoms with Gasteiger partial charge in [0.2, 0.25) is 0 Å². The number of nitrogens with two attached hydrogens (primary N) is 2. The van der Waals surface area contributed by atoms with Crippen LogP contribution in [0.5, 0.6) is 0 Å². The summed E-state index contributed by atoms with van der Waals surface area (Å²) in [5.74, 6) is 0.926. The Morgan fingerprint density at radius 3 is 2.00 bits per heavy atom. The standard InChI is InChI=1S/C5H7N3.C3H4N2/c6-4-2-1-3-5(7)8-4;1-2-4-5-3-1/h1-3H,(H4,6,7,8);1-3H,(H,4,5). The first-order chi connectivity index (χ1) is 6.29. The second-order valence-corrected chi connectivity index (χ2v) is 2.25. The van der Waals surface area contributed by atoms with E-state index >= 15 is 0 Å². The van der Waals surface area contributed by atoms with Crippen LogP contribution in [0.2, 0.25) is 0 Å². The third-order valence-corrected chi connectivity index (χ3v) is 1.20. The molecule has 0 saturated carbocycles. The molecule has 5 heteroatoms. The van der Waals surface area contributed by atoms with Gasteiger partial charge in [0, 0.05) is 12.4 Å². The van der Waals surface area contributed by atoms with Gasteiger partial charge in [-0.05, 0) is 18.2 Å². The van der Waals surface area contributed by atoms with E-state index < -0.39 is 0 Å². The number of pyridine rings is 1. The van der Waals surface area contributed by atoms with Gasteiger partial charge in [-0.2, -0.15) is 5.10 Å². The molecule has 2 aromatic heterocycles. The quantitative estimate of drug-likeness (QED) is 0.551. The molecule has 2 rings (SSSR count). The van der Waals surface area contributed by atoms with E-state index in [2.05, 4.69) is 15.2 Å². The van der Waals surface area contributed by atoms with Crippen molar-refractivity contribution >= 4 is 11.6 Å². The summed E-state index contributed by atoms with van der Waals surface area (Å²) >= 11 is 0. The van der Waals surface area contributed by atoms with Crippen LogP contribution in [0.15, 0.2) is 36.7 Å². The van der Waals surface area contributed by atoms with Gasteiger partial charge in [0.1, 0.15) is 11.6 Å². The second-order valence-electron chi connectivity index (χ2n) is 2.25. The molecule has 0 aliphatic heterocycles. The number of nitrogens with one attached hydrogen (secondary N) is 1. The average molecular weight is 177 g/mol. The normalized spacial score (nSPS) is 8.62. The van der Waals surface area contributed by atoms with Crippen molar-refractivity contribution in [3.8, 4) is 0 Å². The summed E-state index contributed by atoms with van der Waals surface area (Å²) in [5, 5.41) is 6.21. The third kappa shape index (κ3) is 3.76. The van der Waals surface area contributed by atoms with Crippen LogP contribution in [0.4, 0.5) is 11.6 Å². The average Bonchev–Trinajstić information content (AvgIpc) is 2.59.